The number of aromatic nitrogens is 1. The number of thiazole rings is 1. The number of carbonyl (C=O) groups excluding carboxylic acids is 3. The molecule has 0 bridgehead atoms. The van der Waals surface area contributed by atoms with Gasteiger partial charge in [-0.15, -0.1) is 11.3 Å². The smallest absolute Gasteiger partial charge is 0.257 e. The normalized spacial score (nSPS) is 10.2. The average Bonchev–Trinajstić information content (AvgIpc) is 3.24. The molecular formula is C23H24N4O6S. The van der Waals surface area contributed by atoms with Crippen LogP contribution in [0.1, 0.15) is 23.0 Å². The quantitative estimate of drug-likeness (QED) is 0.424. The maximum atomic E-state index is 12.6. The Morgan fingerprint density at radius 2 is 1.62 bits per heavy atom. The van der Waals surface area contributed by atoms with Crippen LogP contribution in [0.25, 0.3) is 0 Å². The van der Waals surface area contributed by atoms with E-state index in [4.69, 9.17) is 14.2 Å². The van der Waals surface area contributed by atoms with Crippen LogP contribution >= 0.6 is 11.3 Å². The summed E-state index contributed by atoms with van der Waals surface area (Å²) in [6.07, 6.45) is -0.0210. The fourth-order valence-electron chi connectivity index (χ4n) is 3.00. The lowest BCUT2D eigenvalue weighted by Gasteiger charge is -2.12. The van der Waals surface area contributed by atoms with E-state index in [0.717, 1.165) is 0 Å². The molecular weight excluding hydrogens is 460 g/mol. The van der Waals surface area contributed by atoms with Crippen LogP contribution in [0.5, 0.6) is 17.2 Å². The summed E-state index contributed by atoms with van der Waals surface area (Å²) in [5.41, 5.74) is 1.76. The summed E-state index contributed by atoms with van der Waals surface area (Å²) in [7, 11) is 4.48. The first-order chi connectivity index (χ1) is 16.3. The molecule has 0 saturated carbocycles. The molecule has 1 heterocycles. The third-order valence-electron chi connectivity index (χ3n) is 4.52. The SMILES string of the molecule is COc1cc(OC)cc(C(=O)Nc2nc(CC(=O)Nc3cc(NC(C)=O)ccc3OC)cs2)c1. The van der Waals surface area contributed by atoms with Gasteiger partial charge in [-0.2, -0.15) is 0 Å². The zero-order chi connectivity index (χ0) is 24.7. The number of anilines is 3. The fourth-order valence-corrected chi connectivity index (χ4v) is 3.70. The highest BCUT2D eigenvalue weighted by Gasteiger charge is 2.15. The lowest BCUT2D eigenvalue weighted by molar-refractivity contribution is -0.116. The van der Waals surface area contributed by atoms with Crippen molar-refractivity contribution in [3.8, 4) is 17.2 Å². The molecule has 2 aromatic carbocycles. The highest BCUT2D eigenvalue weighted by atomic mass is 32.1. The van der Waals surface area contributed by atoms with E-state index in [1.165, 1.54) is 39.6 Å². The van der Waals surface area contributed by atoms with Crippen molar-refractivity contribution >= 4 is 45.6 Å². The third kappa shape index (κ3) is 6.45. The lowest BCUT2D eigenvalue weighted by Crippen LogP contribution is -2.16. The summed E-state index contributed by atoms with van der Waals surface area (Å²) in [5.74, 6) is 0.466. The average molecular weight is 485 g/mol. The van der Waals surface area contributed by atoms with E-state index in [-0.39, 0.29) is 24.1 Å². The number of nitrogens with zero attached hydrogens (tertiary/aromatic N) is 1. The second-order valence-electron chi connectivity index (χ2n) is 7.02. The first kappa shape index (κ1) is 24.5. The van der Waals surface area contributed by atoms with Gasteiger partial charge in [-0.05, 0) is 30.3 Å². The number of nitrogens with one attached hydrogen (secondary N) is 3. The van der Waals surface area contributed by atoms with E-state index >= 15 is 0 Å². The second-order valence-corrected chi connectivity index (χ2v) is 7.88. The standard InChI is InChI=1S/C23H24N4O6S/c1-13(28)24-15-5-6-20(33-4)19(9-15)26-21(29)10-16-12-34-23(25-16)27-22(30)14-7-17(31-2)11-18(8-14)32-3/h5-9,11-12H,10H2,1-4H3,(H,24,28)(H,26,29)(H,25,27,30). The Bertz CT molecular complexity index is 1190. The first-order valence-electron chi connectivity index (χ1n) is 10.1. The van der Waals surface area contributed by atoms with Crippen LogP contribution in [0.2, 0.25) is 0 Å². The maximum Gasteiger partial charge on any atom is 0.257 e. The van der Waals surface area contributed by atoms with Gasteiger partial charge in [-0.3, -0.25) is 19.7 Å². The van der Waals surface area contributed by atoms with Crippen LogP contribution in [-0.2, 0) is 16.0 Å². The van der Waals surface area contributed by atoms with Crippen LogP contribution in [0.3, 0.4) is 0 Å². The van der Waals surface area contributed by atoms with Gasteiger partial charge in [0.25, 0.3) is 5.91 Å². The largest absolute Gasteiger partial charge is 0.497 e. The molecule has 3 N–H and O–H groups in total. The Kier molecular flexibility index (Phi) is 8.04. The van der Waals surface area contributed by atoms with E-state index in [9.17, 15) is 14.4 Å². The molecule has 0 spiro atoms. The van der Waals surface area contributed by atoms with Crippen molar-refractivity contribution in [3.63, 3.8) is 0 Å². The number of ether oxygens (including phenoxy) is 3. The van der Waals surface area contributed by atoms with Gasteiger partial charge < -0.3 is 24.8 Å². The van der Waals surface area contributed by atoms with Crippen molar-refractivity contribution in [2.45, 2.75) is 13.3 Å². The van der Waals surface area contributed by atoms with Gasteiger partial charge in [-0.1, -0.05) is 0 Å². The van der Waals surface area contributed by atoms with Gasteiger partial charge in [0.05, 0.1) is 39.1 Å². The lowest BCUT2D eigenvalue weighted by atomic mass is 10.2. The monoisotopic (exact) mass is 484 g/mol. The van der Waals surface area contributed by atoms with Crippen LogP contribution < -0.4 is 30.2 Å². The van der Waals surface area contributed by atoms with Gasteiger partial charge in [-0.25, -0.2) is 4.98 Å². The molecule has 3 rings (SSSR count). The summed E-state index contributed by atoms with van der Waals surface area (Å²) in [4.78, 5) is 40.8. The molecule has 34 heavy (non-hydrogen) atoms. The number of benzene rings is 2. The Morgan fingerprint density at radius 3 is 2.24 bits per heavy atom. The number of amides is 3. The third-order valence-corrected chi connectivity index (χ3v) is 5.33. The molecule has 0 atom stereocenters. The van der Waals surface area contributed by atoms with Crippen molar-refractivity contribution in [1.29, 1.82) is 0 Å². The summed E-state index contributed by atoms with van der Waals surface area (Å²) in [6, 6.07) is 9.75. The van der Waals surface area contributed by atoms with Crippen LogP contribution in [0.15, 0.2) is 41.8 Å². The molecule has 0 unspecified atom stereocenters. The van der Waals surface area contributed by atoms with E-state index < -0.39 is 0 Å². The topological polar surface area (TPSA) is 128 Å². The maximum absolute atomic E-state index is 12.6. The number of rotatable bonds is 9. The van der Waals surface area contributed by atoms with Gasteiger partial charge in [0, 0.05) is 29.6 Å². The summed E-state index contributed by atoms with van der Waals surface area (Å²) >= 11 is 1.20. The van der Waals surface area contributed by atoms with Crippen molar-refractivity contribution in [1.82, 2.24) is 4.98 Å². The Hall–Kier alpha value is -4.12. The molecule has 3 amide bonds. The van der Waals surface area contributed by atoms with Crippen LogP contribution in [0.4, 0.5) is 16.5 Å². The van der Waals surface area contributed by atoms with E-state index in [1.54, 1.807) is 41.8 Å². The minimum atomic E-state index is -0.387. The Labute approximate surface area is 200 Å². The molecule has 0 aliphatic carbocycles. The zero-order valence-electron chi connectivity index (χ0n) is 19.1. The van der Waals surface area contributed by atoms with E-state index in [1.807, 2.05) is 0 Å². The number of hydrogen-bond donors (Lipinski definition) is 3. The molecule has 1 aromatic heterocycles. The van der Waals surface area contributed by atoms with Crippen molar-refractivity contribution < 1.29 is 28.6 Å². The summed E-state index contributed by atoms with van der Waals surface area (Å²) in [6.45, 7) is 1.39. The molecule has 178 valence electrons. The van der Waals surface area contributed by atoms with Gasteiger partial charge in [0.15, 0.2) is 5.13 Å². The molecule has 0 aliphatic rings. The number of hydrogen-bond acceptors (Lipinski definition) is 8. The van der Waals surface area contributed by atoms with Crippen molar-refractivity contribution in [2.75, 3.05) is 37.3 Å². The molecule has 0 fully saturated rings. The Balaban J connectivity index is 1.65. The predicted octanol–water partition coefficient (Wildman–Crippen LogP) is 3.56. The molecule has 3 aromatic rings. The summed E-state index contributed by atoms with van der Waals surface area (Å²) < 4.78 is 15.7. The molecule has 11 heteroatoms. The minimum Gasteiger partial charge on any atom is -0.497 e. The van der Waals surface area contributed by atoms with Gasteiger partial charge in [0.2, 0.25) is 11.8 Å². The highest BCUT2D eigenvalue weighted by Crippen LogP contribution is 2.28. The first-order valence-corrected chi connectivity index (χ1v) is 10.9. The molecule has 10 nitrogen and oxygen atoms in total. The molecule has 0 aliphatic heterocycles. The van der Waals surface area contributed by atoms with Crippen molar-refractivity contribution in [2.24, 2.45) is 0 Å². The van der Waals surface area contributed by atoms with E-state index in [0.29, 0.717) is 45.0 Å². The van der Waals surface area contributed by atoms with E-state index in [2.05, 4.69) is 20.9 Å². The minimum absolute atomic E-state index is 0.0210. The van der Waals surface area contributed by atoms with Crippen LogP contribution in [-0.4, -0.2) is 44.0 Å². The summed E-state index contributed by atoms with van der Waals surface area (Å²) in [5, 5.41) is 10.2. The van der Waals surface area contributed by atoms with Gasteiger partial charge in [0.1, 0.15) is 17.2 Å². The highest BCUT2D eigenvalue weighted by molar-refractivity contribution is 7.14. The number of carbonyl (C=O) groups is 3. The Morgan fingerprint density at radius 1 is 0.912 bits per heavy atom. The number of methoxy groups -OCH3 is 3. The van der Waals surface area contributed by atoms with Crippen LogP contribution in [0, 0.1) is 0 Å². The second kappa shape index (κ2) is 11.1. The molecule has 0 saturated heterocycles. The predicted molar refractivity (Wildman–Crippen MR) is 129 cm³/mol. The molecule has 0 radical (unpaired) electrons. The zero-order valence-corrected chi connectivity index (χ0v) is 19.9. The fraction of sp³-hybridized carbons (Fsp3) is 0.217. The van der Waals surface area contributed by atoms with Gasteiger partial charge >= 0.3 is 0 Å². The van der Waals surface area contributed by atoms with Crippen molar-refractivity contribution in [3.05, 3.63) is 53.0 Å².